The Hall–Kier alpha value is -0.610. The number of methoxy groups -OCH3 is 1. The molecule has 0 bridgehead atoms. The van der Waals surface area contributed by atoms with Gasteiger partial charge in [-0.3, -0.25) is 0 Å². The van der Waals surface area contributed by atoms with E-state index in [1.165, 1.54) is 5.56 Å². The highest BCUT2D eigenvalue weighted by Crippen LogP contribution is 2.25. The average Bonchev–Trinajstić information content (AvgIpc) is 2.51. The van der Waals surface area contributed by atoms with E-state index in [-0.39, 0.29) is 0 Å². The van der Waals surface area contributed by atoms with Gasteiger partial charge in [-0.1, -0.05) is 43.6 Å². The molecule has 0 aliphatic carbocycles. The van der Waals surface area contributed by atoms with Crippen LogP contribution in [0, 0.1) is 0 Å². The van der Waals surface area contributed by atoms with Crippen molar-refractivity contribution in [2.75, 3.05) is 39.9 Å². The molecule has 1 atom stereocenters. The second-order valence-electron chi connectivity index (χ2n) is 5.24. The van der Waals surface area contributed by atoms with Crippen molar-refractivity contribution in [3.63, 3.8) is 0 Å². The molecule has 0 saturated carbocycles. The lowest BCUT2D eigenvalue weighted by atomic mass is 10.0. The van der Waals surface area contributed by atoms with Crippen molar-refractivity contribution in [3.05, 3.63) is 34.9 Å². The number of hydrogen-bond acceptors (Lipinski definition) is 3. The van der Waals surface area contributed by atoms with Crippen molar-refractivity contribution < 1.29 is 4.74 Å². The van der Waals surface area contributed by atoms with Gasteiger partial charge in [-0.25, -0.2) is 0 Å². The Morgan fingerprint density at radius 1 is 1.24 bits per heavy atom. The van der Waals surface area contributed by atoms with Gasteiger partial charge in [0.05, 0.1) is 6.61 Å². The fourth-order valence-corrected chi connectivity index (χ4v) is 2.67. The van der Waals surface area contributed by atoms with E-state index in [0.717, 1.165) is 50.7 Å². The Labute approximate surface area is 134 Å². The molecule has 0 spiro atoms. The Morgan fingerprint density at radius 3 is 2.62 bits per heavy atom. The van der Waals surface area contributed by atoms with Gasteiger partial charge in [-0.15, -0.1) is 0 Å². The second-order valence-corrected chi connectivity index (χ2v) is 5.65. The highest BCUT2D eigenvalue weighted by molar-refractivity contribution is 6.31. The molecule has 1 aromatic carbocycles. The van der Waals surface area contributed by atoms with E-state index in [0.29, 0.717) is 6.04 Å². The summed E-state index contributed by atoms with van der Waals surface area (Å²) in [5.74, 6) is 0. The molecule has 0 heterocycles. The standard InChI is InChI=1S/C17H29ClN2O/c1-4-11-19-17(15-8-6-7-9-16(15)18)10-12-20(5-2)13-14-21-3/h6-9,17,19H,4-5,10-14H2,1-3H3. The first-order valence-electron chi connectivity index (χ1n) is 7.92. The van der Waals surface area contributed by atoms with Crippen molar-refractivity contribution in [1.82, 2.24) is 10.2 Å². The minimum absolute atomic E-state index is 0.315. The van der Waals surface area contributed by atoms with Gasteiger partial charge in [0.2, 0.25) is 0 Å². The van der Waals surface area contributed by atoms with E-state index in [1.807, 2.05) is 12.1 Å². The van der Waals surface area contributed by atoms with Crippen LogP contribution in [0.25, 0.3) is 0 Å². The monoisotopic (exact) mass is 312 g/mol. The molecule has 0 radical (unpaired) electrons. The third-order valence-corrected chi connectivity index (χ3v) is 4.06. The predicted octanol–water partition coefficient (Wildman–Crippen LogP) is 3.74. The van der Waals surface area contributed by atoms with Gasteiger partial charge in [-0.05, 0) is 37.6 Å². The lowest BCUT2D eigenvalue weighted by molar-refractivity contribution is 0.148. The molecule has 21 heavy (non-hydrogen) atoms. The molecular formula is C17H29ClN2O. The van der Waals surface area contributed by atoms with Crippen LogP contribution in [0.4, 0.5) is 0 Å². The van der Waals surface area contributed by atoms with Gasteiger partial charge in [-0.2, -0.15) is 0 Å². The maximum Gasteiger partial charge on any atom is 0.0589 e. The molecule has 4 heteroatoms. The van der Waals surface area contributed by atoms with E-state index < -0.39 is 0 Å². The third kappa shape index (κ3) is 6.79. The first-order valence-corrected chi connectivity index (χ1v) is 8.29. The van der Waals surface area contributed by atoms with Gasteiger partial charge in [0.15, 0.2) is 0 Å². The first-order chi connectivity index (χ1) is 10.2. The van der Waals surface area contributed by atoms with Crippen LogP contribution in [0.15, 0.2) is 24.3 Å². The Morgan fingerprint density at radius 2 is 2.00 bits per heavy atom. The van der Waals surface area contributed by atoms with Crippen LogP contribution in [0.1, 0.15) is 38.3 Å². The molecule has 0 fully saturated rings. The van der Waals surface area contributed by atoms with Gasteiger partial charge >= 0.3 is 0 Å². The number of benzene rings is 1. The lowest BCUT2D eigenvalue weighted by Crippen LogP contribution is -2.32. The summed E-state index contributed by atoms with van der Waals surface area (Å²) in [7, 11) is 1.75. The minimum Gasteiger partial charge on any atom is -0.383 e. The number of hydrogen-bond donors (Lipinski definition) is 1. The van der Waals surface area contributed by atoms with Gasteiger partial charge in [0.1, 0.15) is 0 Å². The molecule has 1 aromatic rings. The van der Waals surface area contributed by atoms with Crippen molar-refractivity contribution >= 4 is 11.6 Å². The SMILES string of the molecule is CCCNC(CCN(CC)CCOC)c1ccccc1Cl. The van der Waals surface area contributed by atoms with Crippen LogP contribution in [0.2, 0.25) is 5.02 Å². The molecule has 0 aromatic heterocycles. The molecular weight excluding hydrogens is 284 g/mol. The van der Waals surface area contributed by atoms with E-state index in [1.54, 1.807) is 7.11 Å². The summed E-state index contributed by atoms with van der Waals surface area (Å²) in [5.41, 5.74) is 1.20. The van der Waals surface area contributed by atoms with Crippen LogP contribution < -0.4 is 5.32 Å². The van der Waals surface area contributed by atoms with Crippen LogP contribution >= 0.6 is 11.6 Å². The molecule has 3 nitrogen and oxygen atoms in total. The maximum atomic E-state index is 6.36. The van der Waals surface area contributed by atoms with E-state index in [4.69, 9.17) is 16.3 Å². The summed E-state index contributed by atoms with van der Waals surface area (Å²) in [4.78, 5) is 2.42. The fourth-order valence-electron chi connectivity index (χ4n) is 2.40. The van der Waals surface area contributed by atoms with Crippen LogP contribution in [0.5, 0.6) is 0 Å². The molecule has 0 aliphatic heterocycles. The quantitative estimate of drug-likeness (QED) is 0.673. The van der Waals surface area contributed by atoms with E-state index in [2.05, 4.69) is 36.2 Å². The van der Waals surface area contributed by atoms with Crippen LogP contribution in [-0.4, -0.2) is 44.8 Å². The van der Waals surface area contributed by atoms with Gasteiger partial charge < -0.3 is 15.0 Å². The number of nitrogens with zero attached hydrogens (tertiary/aromatic N) is 1. The average molecular weight is 313 g/mol. The first kappa shape index (κ1) is 18.4. The summed E-state index contributed by atoms with van der Waals surface area (Å²) in [6, 6.07) is 8.46. The minimum atomic E-state index is 0.315. The fraction of sp³-hybridized carbons (Fsp3) is 0.647. The highest BCUT2D eigenvalue weighted by Gasteiger charge is 2.15. The predicted molar refractivity (Wildman–Crippen MR) is 91.1 cm³/mol. The van der Waals surface area contributed by atoms with Crippen molar-refractivity contribution in [2.45, 2.75) is 32.7 Å². The van der Waals surface area contributed by atoms with Crippen LogP contribution in [-0.2, 0) is 4.74 Å². The van der Waals surface area contributed by atoms with Crippen molar-refractivity contribution in [1.29, 1.82) is 0 Å². The zero-order chi connectivity index (χ0) is 15.5. The summed E-state index contributed by atoms with van der Waals surface area (Å²) >= 11 is 6.36. The van der Waals surface area contributed by atoms with E-state index in [9.17, 15) is 0 Å². The molecule has 1 rings (SSSR count). The molecule has 0 amide bonds. The number of halogens is 1. The number of nitrogens with one attached hydrogen (secondary N) is 1. The summed E-state index contributed by atoms with van der Waals surface area (Å²) in [5, 5.41) is 4.47. The lowest BCUT2D eigenvalue weighted by Gasteiger charge is -2.25. The zero-order valence-electron chi connectivity index (χ0n) is 13.6. The Bertz CT molecular complexity index is 387. The second kappa shape index (κ2) is 11.0. The smallest absolute Gasteiger partial charge is 0.0589 e. The molecule has 0 saturated heterocycles. The maximum absolute atomic E-state index is 6.36. The topological polar surface area (TPSA) is 24.5 Å². The number of rotatable bonds is 11. The summed E-state index contributed by atoms with van der Waals surface area (Å²) < 4.78 is 5.17. The zero-order valence-corrected chi connectivity index (χ0v) is 14.3. The Balaban J connectivity index is 2.63. The number of likely N-dealkylation sites (N-methyl/N-ethyl adjacent to an activating group) is 1. The summed E-state index contributed by atoms with van der Waals surface area (Å²) in [6.45, 7) is 9.26. The van der Waals surface area contributed by atoms with E-state index >= 15 is 0 Å². The molecule has 1 unspecified atom stereocenters. The highest BCUT2D eigenvalue weighted by atomic mass is 35.5. The molecule has 0 aliphatic rings. The molecule has 120 valence electrons. The summed E-state index contributed by atoms with van der Waals surface area (Å²) in [6.07, 6.45) is 2.18. The largest absolute Gasteiger partial charge is 0.383 e. The van der Waals surface area contributed by atoms with Crippen molar-refractivity contribution in [2.24, 2.45) is 0 Å². The number of ether oxygens (including phenoxy) is 1. The van der Waals surface area contributed by atoms with Crippen LogP contribution in [0.3, 0.4) is 0 Å². The Kier molecular flexibility index (Phi) is 9.68. The third-order valence-electron chi connectivity index (χ3n) is 3.71. The van der Waals surface area contributed by atoms with Gasteiger partial charge in [0, 0.05) is 31.3 Å². The normalized spacial score (nSPS) is 12.8. The molecule has 1 N–H and O–H groups in total. The van der Waals surface area contributed by atoms with Gasteiger partial charge in [0.25, 0.3) is 0 Å². The van der Waals surface area contributed by atoms with Crippen molar-refractivity contribution in [3.8, 4) is 0 Å².